The Morgan fingerprint density at radius 3 is 2.65 bits per heavy atom. The van der Waals surface area contributed by atoms with Crippen molar-refractivity contribution in [3.05, 3.63) is 86.1 Å². The van der Waals surface area contributed by atoms with Gasteiger partial charge in [0.1, 0.15) is 10.6 Å². The minimum Gasteiger partial charge on any atom is -0.477 e. The molecule has 0 aliphatic rings. The van der Waals surface area contributed by atoms with Crippen LogP contribution in [0, 0.1) is 17.0 Å². The summed E-state index contributed by atoms with van der Waals surface area (Å²) in [5.41, 5.74) is 3.43. The molecule has 31 heavy (non-hydrogen) atoms. The molecule has 0 atom stereocenters. The zero-order valence-electron chi connectivity index (χ0n) is 16.3. The van der Waals surface area contributed by atoms with Crippen LogP contribution in [0.15, 0.2) is 65.1 Å². The van der Waals surface area contributed by atoms with Gasteiger partial charge in [-0.2, -0.15) is 5.10 Å². The first-order valence-electron chi connectivity index (χ1n) is 8.98. The van der Waals surface area contributed by atoms with Gasteiger partial charge in [0.05, 0.1) is 11.1 Å². The molecular weight excluding hydrogens is 422 g/mol. The summed E-state index contributed by atoms with van der Waals surface area (Å²) >= 11 is 1.29. The fraction of sp³-hybridized carbons (Fsp3) is 0.0952. The van der Waals surface area contributed by atoms with Gasteiger partial charge in [0.2, 0.25) is 0 Å². The van der Waals surface area contributed by atoms with Crippen LogP contribution in [-0.4, -0.2) is 29.6 Å². The molecule has 0 saturated heterocycles. The van der Waals surface area contributed by atoms with Crippen LogP contribution in [0.2, 0.25) is 0 Å². The van der Waals surface area contributed by atoms with Crippen LogP contribution in [0.4, 0.5) is 5.69 Å². The molecule has 9 nitrogen and oxygen atoms in total. The number of amides is 1. The van der Waals surface area contributed by atoms with Gasteiger partial charge in [0.25, 0.3) is 5.91 Å². The van der Waals surface area contributed by atoms with E-state index in [9.17, 15) is 19.7 Å². The van der Waals surface area contributed by atoms with Crippen molar-refractivity contribution < 1.29 is 24.0 Å². The van der Waals surface area contributed by atoms with Crippen LogP contribution in [0.25, 0.3) is 0 Å². The number of esters is 1. The highest BCUT2D eigenvalue weighted by Gasteiger charge is 2.16. The Hall–Kier alpha value is -4.05. The van der Waals surface area contributed by atoms with Crippen molar-refractivity contribution in [2.24, 2.45) is 5.10 Å². The molecule has 0 aliphatic carbocycles. The van der Waals surface area contributed by atoms with E-state index in [-0.39, 0.29) is 11.4 Å². The molecule has 0 fully saturated rings. The number of hydrogen-bond acceptors (Lipinski definition) is 8. The lowest BCUT2D eigenvalue weighted by atomic mass is 10.2. The SMILES string of the molecule is Cc1ccc(OCC(=O)NN=Cc2ccc(OC(=O)c3cccs3)cc2)c([N+](=O)[O-])c1. The number of benzene rings is 2. The lowest BCUT2D eigenvalue weighted by Gasteiger charge is -2.06. The first-order valence-corrected chi connectivity index (χ1v) is 9.86. The second kappa shape index (κ2) is 10.1. The van der Waals surface area contributed by atoms with E-state index in [2.05, 4.69) is 10.5 Å². The molecule has 0 aliphatic heterocycles. The first-order chi connectivity index (χ1) is 14.9. The Balaban J connectivity index is 1.48. The highest BCUT2D eigenvalue weighted by Crippen LogP contribution is 2.27. The number of thiophene rings is 1. The Kier molecular flexibility index (Phi) is 7.07. The Morgan fingerprint density at radius 2 is 1.97 bits per heavy atom. The van der Waals surface area contributed by atoms with E-state index in [1.54, 1.807) is 54.8 Å². The molecule has 158 valence electrons. The average Bonchev–Trinajstić information content (AvgIpc) is 3.29. The van der Waals surface area contributed by atoms with Crippen molar-refractivity contribution >= 4 is 35.1 Å². The fourth-order valence-electron chi connectivity index (χ4n) is 2.42. The van der Waals surface area contributed by atoms with E-state index >= 15 is 0 Å². The van der Waals surface area contributed by atoms with Crippen molar-refractivity contribution in [3.63, 3.8) is 0 Å². The van der Waals surface area contributed by atoms with Gasteiger partial charge < -0.3 is 9.47 Å². The summed E-state index contributed by atoms with van der Waals surface area (Å²) in [4.78, 5) is 34.8. The second-order valence-electron chi connectivity index (χ2n) is 6.25. The molecule has 3 rings (SSSR count). The molecule has 10 heteroatoms. The van der Waals surface area contributed by atoms with E-state index in [1.807, 2.05) is 0 Å². The van der Waals surface area contributed by atoms with Crippen molar-refractivity contribution in [1.82, 2.24) is 5.43 Å². The van der Waals surface area contributed by atoms with Gasteiger partial charge in [-0.05, 0) is 59.8 Å². The number of nitro benzene ring substituents is 1. The molecule has 2 aromatic carbocycles. The third-order valence-electron chi connectivity index (χ3n) is 3.89. The highest BCUT2D eigenvalue weighted by molar-refractivity contribution is 7.12. The first kappa shape index (κ1) is 21.7. The highest BCUT2D eigenvalue weighted by atomic mass is 32.1. The van der Waals surface area contributed by atoms with Gasteiger partial charge in [-0.3, -0.25) is 14.9 Å². The van der Waals surface area contributed by atoms with Gasteiger partial charge >= 0.3 is 11.7 Å². The Labute approximate surface area is 181 Å². The summed E-state index contributed by atoms with van der Waals surface area (Å²) in [5, 5.41) is 16.7. The molecule has 0 spiro atoms. The van der Waals surface area contributed by atoms with Crippen LogP contribution in [0.5, 0.6) is 11.5 Å². The lowest BCUT2D eigenvalue weighted by Crippen LogP contribution is -2.24. The molecule has 1 N–H and O–H groups in total. The smallest absolute Gasteiger partial charge is 0.353 e. The zero-order valence-corrected chi connectivity index (χ0v) is 17.1. The zero-order chi connectivity index (χ0) is 22.2. The normalized spacial score (nSPS) is 10.6. The summed E-state index contributed by atoms with van der Waals surface area (Å²) in [6.07, 6.45) is 1.40. The molecular formula is C21H17N3O6S. The van der Waals surface area contributed by atoms with E-state index in [0.717, 1.165) is 0 Å². The number of ether oxygens (including phenoxy) is 2. The van der Waals surface area contributed by atoms with Crippen molar-refractivity contribution in [1.29, 1.82) is 0 Å². The summed E-state index contributed by atoms with van der Waals surface area (Å²) in [6, 6.07) is 14.4. The third kappa shape index (κ3) is 6.21. The monoisotopic (exact) mass is 439 g/mol. The number of hydrazone groups is 1. The Bertz CT molecular complexity index is 1110. The van der Waals surface area contributed by atoms with Crippen molar-refractivity contribution in [2.75, 3.05) is 6.61 Å². The molecule has 3 aromatic rings. The number of carbonyl (C=O) groups excluding carboxylic acids is 2. The summed E-state index contributed by atoms with van der Waals surface area (Å²) < 4.78 is 10.5. The molecule has 0 saturated carbocycles. The minimum atomic E-state index is -0.576. The molecule has 0 radical (unpaired) electrons. The number of rotatable bonds is 8. The number of nitrogens with zero attached hydrogens (tertiary/aromatic N) is 2. The number of nitrogens with one attached hydrogen (secondary N) is 1. The molecule has 1 heterocycles. The second-order valence-corrected chi connectivity index (χ2v) is 7.19. The third-order valence-corrected chi connectivity index (χ3v) is 4.74. The van der Waals surface area contributed by atoms with Gasteiger partial charge in [0, 0.05) is 6.07 Å². The van der Waals surface area contributed by atoms with E-state index in [1.165, 1.54) is 29.7 Å². The largest absolute Gasteiger partial charge is 0.477 e. The maximum absolute atomic E-state index is 11.9. The fourth-order valence-corrected chi connectivity index (χ4v) is 3.02. The lowest BCUT2D eigenvalue weighted by molar-refractivity contribution is -0.385. The van der Waals surface area contributed by atoms with Crippen molar-refractivity contribution in [3.8, 4) is 11.5 Å². The van der Waals surface area contributed by atoms with E-state index < -0.39 is 23.4 Å². The van der Waals surface area contributed by atoms with Gasteiger partial charge in [-0.1, -0.05) is 12.1 Å². The quantitative estimate of drug-likeness (QED) is 0.188. The maximum Gasteiger partial charge on any atom is 0.353 e. The summed E-state index contributed by atoms with van der Waals surface area (Å²) in [7, 11) is 0. The topological polar surface area (TPSA) is 120 Å². The molecule has 0 unspecified atom stereocenters. The average molecular weight is 439 g/mol. The van der Waals surface area contributed by atoms with Crippen LogP contribution in [-0.2, 0) is 4.79 Å². The van der Waals surface area contributed by atoms with Crippen LogP contribution >= 0.6 is 11.3 Å². The van der Waals surface area contributed by atoms with Gasteiger partial charge in [0.15, 0.2) is 12.4 Å². The summed E-state index contributed by atoms with van der Waals surface area (Å²) in [5.74, 6) is -0.625. The standard InChI is InChI=1S/C21H17N3O6S/c1-14-4-9-18(17(11-14)24(27)28)29-13-20(25)23-22-12-15-5-7-16(8-6-15)30-21(26)19-3-2-10-31-19/h2-12H,13H2,1H3,(H,23,25). The number of aryl methyl sites for hydroxylation is 1. The van der Waals surface area contributed by atoms with Crippen molar-refractivity contribution in [2.45, 2.75) is 6.92 Å². The van der Waals surface area contributed by atoms with Gasteiger partial charge in [-0.15, -0.1) is 11.3 Å². The van der Waals surface area contributed by atoms with E-state index in [4.69, 9.17) is 9.47 Å². The number of nitro groups is 1. The Morgan fingerprint density at radius 1 is 1.19 bits per heavy atom. The minimum absolute atomic E-state index is 0.00224. The van der Waals surface area contributed by atoms with Crippen LogP contribution in [0.1, 0.15) is 20.8 Å². The maximum atomic E-state index is 11.9. The predicted molar refractivity (Wildman–Crippen MR) is 115 cm³/mol. The van der Waals surface area contributed by atoms with Crippen LogP contribution in [0.3, 0.4) is 0 Å². The number of hydrogen-bond donors (Lipinski definition) is 1. The predicted octanol–water partition coefficient (Wildman–Crippen LogP) is 3.71. The molecule has 0 bridgehead atoms. The van der Waals surface area contributed by atoms with E-state index in [0.29, 0.717) is 21.8 Å². The molecule has 1 amide bonds. The van der Waals surface area contributed by atoms with Gasteiger partial charge in [-0.25, -0.2) is 10.2 Å². The molecule has 1 aromatic heterocycles. The number of carbonyl (C=O) groups is 2. The van der Waals surface area contributed by atoms with Crippen LogP contribution < -0.4 is 14.9 Å². The summed E-state index contributed by atoms with van der Waals surface area (Å²) in [6.45, 7) is 1.29.